The first kappa shape index (κ1) is 13.1. The molecule has 0 aliphatic heterocycles. The molecule has 0 spiro atoms. The molecule has 0 aromatic heterocycles. The van der Waals surface area contributed by atoms with Crippen LogP contribution in [0.25, 0.3) is 0 Å². The van der Waals surface area contributed by atoms with E-state index in [9.17, 15) is 4.79 Å². The Morgan fingerprint density at radius 1 is 1.44 bits per heavy atom. The number of likely N-dealkylation sites (N-methyl/N-ethyl adjacent to an activating group) is 1. The zero-order valence-electron chi connectivity index (χ0n) is 11.6. The number of hydrogen-bond donors (Lipinski definition) is 0. The lowest BCUT2D eigenvalue weighted by molar-refractivity contribution is 0.0945. The maximum Gasteiger partial charge on any atom is 0.166 e. The van der Waals surface area contributed by atoms with Gasteiger partial charge in [-0.15, -0.1) is 0 Å². The fourth-order valence-corrected chi connectivity index (χ4v) is 2.51. The molecule has 3 nitrogen and oxygen atoms in total. The van der Waals surface area contributed by atoms with Gasteiger partial charge in [-0.3, -0.25) is 4.79 Å². The maximum atomic E-state index is 11.9. The molecule has 0 amide bonds. The first-order chi connectivity index (χ1) is 8.47. The summed E-state index contributed by atoms with van der Waals surface area (Å²) in [5, 5.41) is 0. The van der Waals surface area contributed by atoms with Crippen LogP contribution >= 0.6 is 0 Å². The van der Waals surface area contributed by atoms with Gasteiger partial charge in [0.25, 0.3) is 0 Å². The standard InChI is InChI=1S/C15H21NO2/c1-10-7-12-5-6-13(8-14(12)15(10)17)18-11(2)9-16(3)4/h5-6,8,10-11H,7,9H2,1-4H3/t10-,11-/m0/s1. The van der Waals surface area contributed by atoms with Gasteiger partial charge >= 0.3 is 0 Å². The van der Waals surface area contributed by atoms with Crippen LogP contribution in [0.2, 0.25) is 0 Å². The lowest BCUT2D eigenvalue weighted by Gasteiger charge is -2.19. The van der Waals surface area contributed by atoms with Crippen LogP contribution in [0.15, 0.2) is 18.2 Å². The van der Waals surface area contributed by atoms with E-state index in [4.69, 9.17) is 4.74 Å². The Morgan fingerprint density at radius 2 is 2.17 bits per heavy atom. The summed E-state index contributed by atoms with van der Waals surface area (Å²) < 4.78 is 5.84. The Morgan fingerprint density at radius 3 is 2.83 bits per heavy atom. The number of hydrogen-bond acceptors (Lipinski definition) is 3. The second-order valence-corrected chi connectivity index (χ2v) is 5.48. The molecule has 0 bridgehead atoms. The summed E-state index contributed by atoms with van der Waals surface area (Å²) in [5.74, 6) is 1.16. The number of rotatable bonds is 4. The SMILES string of the molecule is C[C@@H](CN(C)C)Oc1ccc2c(c1)C(=O)[C@@H](C)C2. The van der Waals surface area contributed by atoms with E-state index in [0.29, 0.717) is 0 Å². The highest BCUT2D eigenvalue weighted by molar-refractivity contribution is 6.02. The minimum absolute atomic E-state index is 0.118. The van der Waals surface area contributed by atoms with Crippen molar-refractivity contribution in [1.82, 2.24) is 4.90 Å². The van der Waals surface area contributed by atoms with E-state index in [-0.39, 0.29) is 17.8 Å². The van der Waals surface area contributed by atoms with Gasteiger partial charge in [0.1, 0.15) is 11.9 Å². The second-order valence-electron chi connectivity index (χ2n) is 5.48. The Kier molecular flexibility index (Phi) is 3.71. The van der Waals surface area contributed by atoms with Gasteiger partial charge in [0.15, 0.2) is 5.78 Å². The van der Waals surface area contributed by atoms with Crippen LogP contribution in [0.5, 0.6) is 5.75 Å². The van der Waals surface area contributed by atoms with E-state index in [1.54, 1.807) is 0 Å². The third kappa shape index (κ3) is 2.72. The third-order valence-corrected chi connectivity index (χ3v) is 3.28. The number of Topliss-reactive ketones (excluding diaryl/α,β-unsaturated/α-hetero) is 1. The zero-order chi connectivity index (χ0) is 13.3. The summed E-state index contributed by atoms with van der Waals surface area (Å²) >= 11 is 0. The Hall–Kier alpha value is -1.35. The normalized spacial score (nSPS) is 20.1. The summed E-state index contributed by atoms with van der Waals surface area (Å²) in [7, 11) is 4.04. The molecular formula is C15H21NO2. The average molecular weight is 247 g/mol. The molecule has 98 valence electrons. The van der Waals surface area contributed by atoms with E-state index < -0.39 is 0 Å². The van der Waals surface area contributed by atoms with Crippen LogP contribution in [-0.2, 0) is 6.42 Å². The highest BCUT2D eigenvalue weighted by Crippen LogP contribution is 2.29. The highest BCUT2D eigenvalue weighted by atomic mass is 16.5. The molecule has 1 aromatic carbocycles. The first-order valence-corrected chi connectivity index (χ1v) is 6.46. The fourth-order valence-electron chi connectivity index (χ4n) is 2.51. The van der Waals surface area contributed by atoms with Crippen LogP contribution in [0.4, 0.5) is 0 Å². The van der Waals surface area contributed by atoms with Gasteiger partial charge in [-0.05, 0) is 45.1 Å². The first-order valence-electron chi connectivity index (χ1n) is 6.46. The topological polar surface area (TPSA) is 29.5 Å². The summed E-state index contributed by atoms with van der Waals surface area (Å²) in [4.78, 5) is 14.0. The van der Waals surface area contributed by atoms with Crippen LogP contribution < -0.4 is 4.74 Å². The molecule has 0 fully saturated rings. The van der Waals surface area contributed by atoms with Gasteiger partial charge in [-0.1, -0.05) is 13.0 Å². The lowest BCUT2D eigenvalue weighted by atomic mass is 10.1. The van der Waals surface area contributed by atoms with Gasteiger partial charge in [0.05, 0.1) is 0 Å². The van der Waals surface area contributed by atoms with Gasteiger partial charge in [-0.25, -0.2) is 0 Å². The number of benzene rings is 1. The Bertz CT molecular complexity index is 454. The molecule has 1 aromatic rings. The van der Waals surface area contributed by atoms with Crippen LogP contribution in [0.3, 0.4) is 0 Å². The molecule has 0 radical (unpaired) electrons. The van der Waals surface area contributed by atoms with Crippen molar-refractivity contribution >= 4 is 5.78 Å². The quantitative estimate of drug-likeness (QED) is 0.818. The lowest BCUT2D eigenvalue weighted by Crippen LogP contribution is -2.28. The van der Waals surface area contributed by atoms with Crippen molar-refractivity contribution in [2.45, 2.75) is 26.4 Å². The van der Waals surface area contributed by atoms with Crippen molar-refractivity contribution in [3.63, 3.8) is 0 Å². The average Bonchev–Trinajstić information content (AvgIpc) is 2.54. The predicted molar refractivity (Wildman–Crippen MR) is 72.3 cm³/mol. The number of nitrogens with zero attached hydrogens (tertiary/aromatic N) is 1. The summed E-state index contributed by atoms with van der Waals surface area (Å²) in [5.41, 5.74) is 2.00. The molecule has 0 heterocycles. The van der Waals surface area contributed by atoms with Crippen molar-refractivity contribution < 1.29 is 9.53 Å². The molecule has 2 rings (SSSR count). The molecule has 1 aliphatic carbocycles. The minimum atomic E-state index is 0.118. The molecule has 18 heavy (non-hydrogen) atoms. The second kappa shape index (κ2) is 5.11. The van der Waals surface area contributed by atoms with Crippen molar-refractivity contribution in [1.29, 1.82) is 0 Å². The molecule has 0 saturated heterocycles. The molecule has 0 saturated carbocycles. The van der Waals surface area contributed by atoms with E-state index >= 15 is 0 Å². The number of carbonyl (C=O) groups is 1. The van der Waals surface area contributed by atoms with E-state index in [2.05, 4.69) is 4.90 Å². The molecule has 3 heteroatoms. The number of fused-ring (bicyclic) bond motifs is 1. The van der Waals surface area contributed by atoms with Gasteiger partial charge < -0.3 is 9.64 Å². The van der Waals surface area contributed by atoms with Gasteiger partial charge in [-0.2, -0.15) is 0 Å². The molecule has 1 aliphatic rings. The largest absolute Gasteiger partial charge is 0.489 e. The summed E-state index contributed by atoms with van der Waals surface area (Å²) in [6.45, 7) is 4.89. The number of ether oxygens (including phenoxy) is 1. The highest BCUT2D eigenvalue weighted by Gasteiger charge is 2.27. The van der Waals surface area contributed by atoms with E-state index in [1.165, 1.54) is 0 Å². The molecule has 0 N–H and O–H groups in total. The third-order valence-electron chi connectivity index (χ3n) is 3.28. The van der Waals surface area contributed by atoms with Crippen LogP contribution in [0.1, 0.15) is 29.8 Å². The molecular weight excluding hydrogens is 226 g/mol. The smallest absolute Gasteiger partial charge is 0.166 e. The molecule has 2 atom stereocenters. The monoisotopic (exact) mass is 247 g/mol. The Labute approximate surface area is 109 Å². The summed E-state index contributed by atoms with van der Waals surface area (Å²) in [6.07, 6.45) is 0.980. The van der Waals surface area contributed by atoms with Crippen LogP contribution in [0, 0.1) is 5.92 Å². The number of carbonyl (C=O) groups excluding carboxylic acids is 1. The number of ketones is 1. The van der Waals surface area contributed by atoms with E-state index in [1.807, 2.05) is 46.1 Å². The van der Waals surface area contributed by atoms with Crippen LogP contribution in [-0.4, -0.2) is 37.4 Å². The minimum Gasteiger partial charge on any atom is -0.489 e. The summed E-state index contributed by atoms with van der Waals surface area (Å²) in [6, 6.07) is 5.89. The van der Waals surface area contributed by atoms with Crippen molar-refractivity contribution in [3.05, 3.63) is 29.3 Å². The van der Waals surface area contributed by atoms with Gasteiger partial charge in [0, 0.05) is 18.0 Å². The molecule has 0 unspecified atom stereocenters. The zero-order valence-corrected chi connectivity index (χ0v) is 11.6. The maximum absolute atomic E-state index is 11.9. The predicted octanol–water partition coefficient (Wildman–Crippen LogP) is 2.39. The van der Waals surface area contributed by atoms with Crippen molar-refractivity contribution in [2.24, 2.45) is 5.92 Å². The fraction of sp³-hybridized carbons (Fsp3) is 0.533. The van der Waals surface area contributed by atoms with Crippen molar-refractivity contribution in [2.75, 3.05) is 20.6 Å². The van der Waals surface area contributed by atoms with Gasteiger partial charge in [0.2, 0.25) is 0 Å². The van der Waals surface area contributed by atoms with E-state index in [0.717, 1.165) is 29.8 Å². The van der Waals surface area contributed by atoms with Crippen molar-refractivity contribution in [3.8, 4) is 5.75 Å². The Balaban J connectivity index is 2.11.